The topological polar surface area (TPSA) is 68.0 Å². The van der Waals surface area contributed by atoms with Crippen LogP contribution in [0.5, 0.6) is 0 Å². The van der Waals surface area contributed by atoms with E-state index in [1.54, 1.807) is 11.8 Å². The van der Waals surface area contributed by atoms with Gasteiger partial charge in [-0.25, -0.2) is 0 Å². The van der Waals surface area contributed by atoms with Crippen molar-refractivity contribution in [1.29, 1.82) is 0 Å². The van der Waals surface area contributed by atoms with Crippen LogP contribution in [0.25, 0.3) is 11.0 Å². The van der Waals surface area contributed by atoms with Crippen LogP contribution in [0.2, 0.25) is 0 Å². The van der Waals surface area contributed by atoms with Gasteiger partial charge in [-0.3, -0.25) is 10.1 Å². The van der Waals surface area contributed by atoms with Gasteiger partial charge in [-0.15, -0.1) is 10.2 Å². The van der Waals surface area contributed by atoms with Crippen LogP contribution in [0.1, 0.15) is 55.1 Å². The van der Waals surface area contributed by atoms with E-state index in [0.29, 0.717) is 16.1 Å². The lowest BCUT2D eigenvalue weighted by Crippen LogP contribution is -2.13. The fourth-order valence-electron chi connectivity index (χ4n) is 3.45. The average Bonchev–Trinajstić information content (AvgIpc) is 3.31. The Balaban J connectivity index is 1.55. The summed E-state index contributed by atoms with van der Waals surface area (Å²) in [5, 5.41) is 13.2. The summed E-state index contributed by atoms with van der Waals surface area (Å²) in [6, 6.07) is 7.88. The summed E-state index contributed by atoms with van der Waals surface area (Å²) >= 11 is 4.96. The zero-order chi connectivity index (χ0) is 19.3. The van der Waals surface area contributed by atoms with E-state index in [-0.39, 0.29) is 5.91 Å². The molecule has 1 saturated carbocycles. The van der Waals surface area contributed by atoms with Crippen molar-refractivity contribution in [3.05, 3.63) is 35.6 Å². The predicted molar refractivity (Wildman–Crippen MR) is 119 cm³/mol. The van der Waals surface area contributed by atoms with Gasteiger partial charge in [-0.05, 0) is 24.7 Å². The Labute approximate surface area is 177 Å². The molecule has 0 spiro atoms. The second kappa shape index (κ2) is 9.33. The lowest BCUT2D eigenvalue weighted by atomic mass is 10.0. The van der Waals surface area contributed by atoms with Gasteiger partial charge >= 0.3 is 0 Å². The van der Waals surface area contributed by atoms with E-state index < -0.39 is 0 Å². The Bertz CT molecular complexity index is 947. The molecule has 3 aromatic rings. The van der Waals surface area contributed by atoms with Crippen molar-refractivity contribution < 1.29 is 9.21 Å². The van der Waals surface area contributed by atoms with E-state index in [0.717, 1.165) is 32.4 Å². The predicted octanol–water partition coefficient (Wildman–Crippen LogP) is 6.21. The van der Waals surface area contributed by atoms with Gasteiger partial charge in [0.25, 0.3) is 5.91 Å². The summed E-state index contributed by atoms with van der Waals surface area (Å²) in [5.74, 6) is 1.86. The number of carbonyl (C=O) groups is 1. The van der Waals surface area contributed by atoms with Crippen molar-refractivity contribution in [2.24, 2.45) is 0 Å². The highest BCUT2D eigenvalue weighted by Crippen LogP contribution is 2.35. The van der Waals surface area contributed by atoms with Crippen LogP contribution in [0.3, 0.4) is 0 Å². The van der Waals surface area contributed by atoms with E-state index in [2.05, 4.69) is 22.4 Å². The number of rotatable bonds is 7. The number of nitrogens with zero attached hydrogens (tertiary/aromatic N) is 2. The van der Waals surface area contributed by atoms with Crippen LogP contribution in [-0.2, 0) is 5.75 Å². The van der Waals surface area contributed by atoms with E-state index in [1.807, 2.05) is 36.0 Å². The molecule has 28 heavy (non-hydrogen) atoms. The van der Waals surface area contributed by atoms with E-state index in [1.165, 1.54) is 43.4 Å². The number of carbonyl (C=O) groups excluding carboxylic acids is 1. The highest BCUT2D eigenvalue weighted by atomic mass is 32.2. The summed E-state index contributed by atoms with van der Waals surface area (Å²) in [6.45, 7) is 2.06. The van der Waals surface area contributed by atoms with E-state index in [4.69, 9.17) is 4.42 Å². The van der Waals surface area contributed by atoms with Crippen molar-refractivity contribution in [2.45, 2.75) is 54.4 Å². The third-order valence-electron chi connectivity index (χ3n) is 4.81. The number of aromatic nitrogens is 2. The molecule has 1 N–H and O–H groups in total. The van der Waals surface area contributed by atoms with E-state index >= 15 is 0 Å². The number of furan rings is 1. The van der Waals surface area contributed by atoms with Crippen molar-refractivity contribution >= 4 is 56.9 Å². The maximum atomic E-state index is 12.9. The van der Waals surface area contributed by atoms with Crippen molar-refractivity contribution in [1.82, 2.24) is 10.2 Å². The number of benzene rings is 1. The zero-order valence-electron chi connectivity index (χ0n) is 15.8. The normalized spacial score (nSPS) is 15.2. The fraction of sp³-hybridized carbons (Fsp3) is 0.450. The molecule has 148 valence electrons. The molecule has 4 rings (SSSR count). The lowest BCUT2D eigenvalue weighted by Gasteiger charge is -2.20. The number of hydrogen-bond acceptors (Lipinski definition) is 7. The molecule has 2 heterocycles. The number of nitrogens with one attached hydrogen (secondary N) is 1. The Morgan fingerprint density at radius 3 is 2.89 bits per heavy atom. The van der Waals surface area contributed by atoms with Crippen molar-refractivity contribution in [2.75, 3.05) is 11.1 Å². The smallest absolute Gasteiger partial charge is 0.293 e. The first-order chi connectivity index (χ1) is 13.7. The van der Waals surface area contributed by atoms with Gasteiger partial charge < -0.3 is 4.42 Å². The van der Waals surface area contributed by atoms with Crippen LogP contribution in [0.15, 0.2) is 33.0 Å². The van der Waals surface area contributed by atoms with Crippen molar-refractivity contribution in [3.63, 3.8) is 0 Å². The van der Waals surface area contributed by atoms with Crippen LogP contribution < -0.4 is 5.32 Å². The van der Waals surface area contributed by atoms with Crippen LogP contribution in [0, 0.1) is 0 Å². The van der Waals surface area contributed by atoms with Crippen LogP contribution in [-0.4, -0.2) is 27.1 Å². The number of anilines is 1. The molecule has 1 aliphatic rings. The average molecular weight is 434 g/mol. The number of thioether (sulfide) groups is 2. The molecule has 8 heteroatoms. The molecule has 0 unspecified atom stereocenters. The quantitative estimate of drug-likeness (QED) is 0.353. The second-order valence-corrected chi connectivity index (χ2v) is 10.5. The molecule has 2 aromatic heterocycles. The first-order valence-corrected chi connectivity index (χ1v) is 12.5. The number of amides is 1. The Morgan fingerprint density at radius 2 is 2.07 bits per heavy atom. The molecule has 0 saturated heterocycles. The Hall–Kier alpha value is -1.51. The van der Waals surface area contributed by atoms with Crippen molar-refractivity contribution in [3.8, 4) is 0 Å². The number of hydrogen-bond donors (Lipinski definition) is 1. The van der Waals surface area contributed by atoms with Gasteiger partial charge in [0.1, 0.15) is 5.58 Å². The fourth-order valence-corrected chi connectivity index (χ4v) is 6.45. The largest absolute Gasteiger partial charge is 0.451 e. The SMILES string of the molecule is CCSc1nnc(NC(=O)c2oc3ccccc3c2CSC2CCCCC2)s1. The third kappa shape index (κ3) is 4.55. The molecule has 1 fully saturated rings. The molecule has 0 aliphatic heterocycles. The van der Waals surface area contributed by atoms with Gasteiger partial charge in [-0.2, -0.15) is 11.8 Å². The monoisotopic (exact) mass is 433 g/mol. The highest BCUT2D eigenvalue weighted by molar-refractivity contribution is 8.01. The summed E-state index contributed by atoms with van der Waals surface area (Å²) < 4.78 is 6.81. The lowest BCUT2D eigenvalue weighted by molar-refractivity contribution is 0.0997. The van der Waals surface area contributed by atoms with Gasteiger partial charge in [0, 0.05) is 22.0 Å². The molecular weight excluding hydrogens is 410 g/mol. The van der Waals surface area contributed by atoms with E-state index in [9.17, 15) is 4.79 Å². The first kappa shape index (κ1) is 19.8. The minimum Gasteiger partial charge on any atom is -0.451 e. The third-order valence-corrected chi connectivity index (χ3v) is 8.07. The molecular formula is C20H23N3O2S3. The minimum absolute atomic E-state index is 0.250. The maximum absolute atomic E-state index is 12.9. The number of para-hydroxylation sites is 1. The molecule has 0 radical (unpaired) electrons. The Morgan fingerprint density at radius 1 is 1.25 bits per heavy atom. The van der Waals surface area contributed by atoms with Gasteiger partial charge in [0.05, 0.1) is 0 Å². The molecule has 5 nitrogen and oxygen atoms in total. The zero-order valence-corrected chi connectivity index (χ0v) is 18.2. The summed E-state index contributed by atoms with van der Waals surface area (Å²) in [4.78, 5) is 12.9. The molecule has 1 amide bonds. The Kier molecular flexibility index (Phi) is 6.59. The summed E-state index contributed by atoms with van der Waals surface area (Å²) in [6.07, 6.45) is 6.51. The molecule has 1 aromatic carbocycles. The minimum atomic E-state index is -0.250. The van der Waals surface area contributed by atoms with Gasteiger partial charge in [0.2, 0.25) is 5.13 Å². The molecule has 1 aliphatic carbocycles. The summed E-state index contributed by atoms with van der Waals surface area (Å²) in [5.41, 5.74) is 1.74. The van der Waals surface area contributed by atoms with Crippen LogP contribution >= 0.6 is 34.9 Å². The molecule has 0 bridgehead atoms. The highest BCUT2D eigenvalue weighted by Gasteiger charge is 2.23. The standard InChI is InChI=1S/C20H23N3O2S3/c1-2-26-20-23-22-19(28-20)21-18(24)17-15(12-27-13-8-4-3-5-9-13)14-10-6-7-11-16(14)25-17/h6-7,10-11,13H,2-5,8-9,12H2,1H3,(H,21,22,24). The first-order valence-electron chi connectivity index (χ1n) is 9.64. The van der Waals surface area contributed by atoms with Gasteiger partial charge in [0.15, 0.2) is 10.1 Å². The number of fused-ring (bicyclic) bond motifs is 1. The second-order valence-electron chi connectivity index (χ2n) is 6.74. The maximum Gasteiger partial charge on any atom is 0.293 e. The summed E-state index contributed by atoms with van der Waals surface area (Å²) in [7, 11) is 0. The molecule has 0 atom stereocenters. The van der Waals surface area contributed by atoms with Crippen LogP contribution in [0.4, 0.5) is 5.13 Å². The van der Waals surface area contributed by atoms with Gasteiger partial charge in [-0.1, -0.05) is 67.5 Å².